The molecule has 2 aliphatic heterocycles. The average Bonchev–Trinajstić information content (AvgIpc) is 2.89. The first-order chi connectivity index (χ1) is 18.1. The van der Waals surface area contributed by atoms with Gasteiger partial charge in [-0.15, -0.1) is 0 Å². The third kappa shape index (κ3) is 5.79. The van der Waals surface area contributed by atoms with E-state index in [1.54, 1.807) is 32.0 Å². The van der Waals surface area contributed by atoms with E-state index in [2.05, 4.69) is 5.32 Å². The molecule has 0 aromatic heterocycles. The average molecular weight is 535 g/mol. The molecule has 38 heavy (non-hydrogen) atoms. The van der Waals surface area contributed by atoms with Gasteiger partial charge in [0.2, 0.25) is 11.9 Å². The lowest BCUT2D eigenvalue weighted by molar-refractivity contribution is -0.153. The zero-order valence-electron chi connectivity index (χ0n) is 21.0. The van der Waals surface area contributed by atoms with Crippen LogP contribution >= 0.6 is 0 Å². The van der Waals surface area contributed by atoms with E-state index in [1.165, 1.54) is 12.1 Å². The second-order valence-corrected chi connectivity index (χ2v) is 8.80. The molecule has 0 saturated carbocycles. The number of phenolic OH excluding ortho intramolecular Hbond substituents is 1. The van der Waals surface area contributed by atoms with E-state index in [0.29, 0.717) is 44.0 Å². The number of amides is 1. The van der Waals surface area contributed by atoms with Gasteiger partial charge >= 0.3 is 12.1 Å². The van der Waals surface area contributed by atoms with Crippen molar-refractivity contribution in [3.63, 3.8) is 0 Å². The Morgan fingerprint density at radius 2 is 1.79 bits per heavy atom. The molecule has 1 saturated heterocycles. The van der Waals surface area contributed by atoms with Crippen LogP contribution in [0, 0.1) is 5.92 Å². The molecule has 2 N–H and O–H groups in total. The Kier molecular flexibility index (Phi) is 7.98. The van der Waals surface area contributed by atoms with Crippen LogP contribution in [0.3, 0.4) is 0 Å². The summed E-state index contributed by atoms with van der Waals surface area (Å²) >= 11 is 0. The SMILES string of the molecule is CCOC(=O)C1C(=O)NC(N2CCN(c3cccc(C(F)(F)F)c3)CC2)=NC1c1ccc(O)c(OCC)c1. The number of ether oxygens (including phenoxy) is 2. The smallest absolute Gasteiger partial charge is 0.416 e. The number of halogens is 3. The quantitative estimate of drug-likeness (QED) is 0.433. The van der Waals surface area contributed by atoms with Gasteiger partial charge in [-0.05, 0) is 49.7 Å². The summed E-state index contributed by atoms with van der Waals surface area (Å²) in [6.45, 7) is 5.34. The third-order valence-corrected chi connectivity index (χ3v) is 6.38. The van der Waals surface area contributed by atoms with E-state index in [9.17, 15) is 27.9 Å². The largest absolute Gasteiger partial charge is 0.504 e. The number of alkyl halides is 3. The number of piperazine rings is 1. The van der Waals surface area contributed by atoms with Crippen molar-refractivity contribution in [2.24, 2.45) is 10.9 Å². The number of esters is 1. The lowest BCUT2D eigenvalue weighted by Crippen LogP contribution is -2.57. The predicted molar refractivity (Wildman–Crippen MR) is 133 cm³/mol. The Bertz CT molecular complexity index is 1210. The summed E-state index contributed by atoms with van der Waals surface area (Å²) in [4.78, 5) is 34.2. The van der Waals surface area contributed by atoms with E-state index in [0.717, 1.165) is 12.1 Å². The second-order valence-electron chi connectivity index (χ2n) is 8.80. The van der Waals surface area contributed by atoms with E-state index >= 15 is 0 Å². The minimum atomic E-state index is -4.43. The van der Waals surface area contributed by atoms with Crippen molar-refractivity contribution in [2.45, 2.75) is 26.1 Å². The van der Waals surface area contributed by atoms with E-state index in [1.807, 2.05) is 9.80 Å². The maximum absolute atomic E-state index is 13.1. The molecule has 1 fully saturated rings. The number of carbonyl (C=O) groups is 2. The molecule has 2 aliphatic rings. The third-order valence-electron chi connectivity index (χ3n) is 6.38. The number of aromatic hydroxyl groups is 1. The molecule has 12 heteroatoms. The zero-order valence-corrected chi connectivity index (χ0v) is 21.0. The standard InChI is InChI=1S/C26H29F3N4O5/c1-3-37-20-14-16(8-9-19(20)34)22-21(24(36)38-4-2)23(35)31-25(30-22)33-12-10-32(11-13-33)18-7-5-6-17(15-18)26(27,28)29/h5-9,14-15,21-22,34H,3-4,10-13H2,1-2H3,(H,30,31,35). The predicted octanol–water partition coefficient (Wildman–Crippen LogP) is 3.34. The van der Waals surface area contributed by atoms with Crippen LogP contribution in [0.15, 0.2) is 47.5 Å². The van der Waals surface area contributed by atoms with Gasteiger partial charge in [-0.1, -0.05) is 12.1 Å². The molecule has 1 amide bonds. The van der Waals surface area contributed by atoms with Gasteiger partial charge < -0.3 is 24.4 Å². The minimum Gasteiger partial charge on any atom is -0.504 e. The maximum atomic E-state index is 13.1. The number of benzene rings is 2. The molecular formula is C26H29F3N4O5. The van der Waals surface area contributed by atoms with Gasteiger partial charge in [0.1, 0.15) is 6.04 Å². The van der Waals surface area contributed by atoms with Crippen molar-refractivity contribution in [3.8, 4) is 11.5 Å². The van der Waals surface area contributed by atoms with Crippen molar-refractivity contribution in [1.29, 1.82) is 0 Å². The Balaban J connectivity index is 1.58. The normalized spacial score (nSPS) is 20.0. The topological polar surface area (TPSA) is 104 Å². The highest BCUT2D eigenvalue weighted by molar-refractivity contribution is 6.08. The van der Waals surface area contributed by atoms with Crippen LogP contribution in [0.1, 0.15) is 31.0 Å². The number of carbonyl (C=O) groups excluding carboxylic acids is 2. The van der Waals surface area contributed by atoms with Crippen LogP contribution in [-0.4, -0.2) is 67.2 Å². The Morgan fingerprint density at radius 1 is 1.08 bits per heavy atom. The summed E-state index contributed by atoms with van der Waals surface area (Å²) in [6, 6.07) is 8.76. The van der Waals surface area contributed by atoms with Crippen LogP contribution in [0.5, 0.6) is 11.5 Å². The number of hydrogen-bond acceptors (Lipinski definition) is 8. The highest BCUT2D eigenvalue weighted by Crippen LogP contribution is 2.36. The summed E-state index contributed by atoms with van der Waals surface area (Å²) in [5.41, 5.74) is 0.232. The van der Waals surface area contributed by atoms with Gasteiger partial charge in [-0.25, -0.2) is 4.99 Å². The lowest BCUT2D eigenvalue weighted by atomic mass is 9.91. The monoisotopic (exact) mass is 534 g/mol. The fourth-order valence-electron chi connectivity index (χ4n) is 4.51. The minimum absolute atomic E-state index is 0.0848. The van der Waals surface area contributed by atoms with Crippen LogP contribution in [-0.2, 0) is 20.5 Å². The lowest BCUT2D eigenvalue weighted by Gasteiger charge is -2.39. The summed E-state index contributed by atoms with van der Waals surface area (Å²) in [5.74, 6) is -2.18. The molecule has 0 aliphatic carbocycles. The van der Waals surface area contributed by atoms with Crippen molar-refractivity contribution in [3.05, 3.63) is 53.6 Å². The Hall–Kier alpha value is -3.96. The van der Waals surface area contributed by atoms with Gasteiger partial charge in [0.05, 0.1) is 18.8 Å². The molecule has 2 unspecified atom stereocenters. The van der Waals surface area contributed by atoms with Gasteiger partial charge in [-0.2, -0.15) is 13.2 Å². The van der Waals surface area contributed by atoms with E-state index in [-0.39, 0.29) is 24.1 Å². The van der Waals surface area contributed by atoms with Crippen molar-refractivity contribution in [1.82, 2.24) is 10.2 Å². The summed E-state index contributed by atoms with van der Waals surface area (Å²) in [5, 5.41) is 12.8. The fourth-order valence-corrected chi connectivity index (χ4v) is 4.51. The molecule has 2 aromatic rings. The first-order valence-corrected chi connectivity index (χ1v) is 12.3. The number of phenols is 1. The summed E-state index contributed by atoms with van der Waals surface area (Å²) in [6.07, 6.45) is -4.43. The van der Waals surface area contributed by atoms with Gasteiger partial charge in [0.15, 0.2) is 17.4 Å². The Morgan fingerprint density at radius 3 is 2.45 bits per heavy atom. The first kappa shape index (κ1) is 27.1. The first-order valence-electron chi connectivity index (χ1n) is 12.3. The maximum Gasteiger partial charge on any atom is 0.416 e. The van der Waals surface area contributed by atoms with Crippen molar-refractivity contribution >= 4 is 23.5 Å². The van der Waals surface area contributed by atoms with Crippen LogP contribution in [0.2, 0.25) is 0 Å². The molecule has 9 nitrogen and oxygen atoms in total. The highest BCUT2D eigenvalue weighted by atomic mass is 19.4. The molecule has 0 bridgehead atoms. The van der Waals surface area contributed by atoms with Crippen LogP contribution in [0.4, 0.5) is 18.9 Å². The van der Waals surface area contributed by atoms with E-state index in [4.69, 9.17) is 14.5 Å². The highest BCUT2D eigenvalue weighted by Gasteiger charge is 2.42. The van der Waals surface area contributed by atoms with Gasteiger partial charge in [-0.3, -0.25) is 14.9 Å². The molecule has 0 spiro atoms. The number of nitrogens with zero attached hydrogens (tertiary/aromatic N) is 3. The van der Waals surface area contributed by atoms with Crippen LogP contribution in [0.25, 0.3) is 0 Å². The molecule has 2 aromatic carbocycles. The van der Waals surface area contributed by atoms with Crippen LogP contribution < -0.4 is 15.0 Å². The molecule has 2 heterocycles. The number of rotatable bonds is 6. The number of anilines is 1. The van der Waals surface area contributed by atoms with E-state index < -0.39 is 35.6 Å². The molecule has 0 radical (unpaired) electrons. The summed E-state index contributed by atoms with van der Waals surface area (Å²) < 4.78 is 50.0. The summed E-state index contributed by atoms with van der Waals surface area (Å²) in [7, 11) is 0. The van der Waals surface area contributed by atoms with Crippen molar-refractivity contribution in [2.75, 3.05) is 44.3 Å². The van der Waals surface area contributed by atoms with Gasteiger partial charge in [0.25, 0.3) is 0 Å². The molecule has 2 atom stereocenters. The Labute approximate surface area is 217 Å². The zero-order chi connectivity index (χ0) is 27.4. The number of nitrogens with one attached hydrogen (secondary N) is 1. The molecular weight excluding hydrogens is 505 g/mol. The second kappa shape index (κ2) is 11.2. The van der Waals surface area contributed by atoms with Crippen molar-refractivity contribution < 1.29 is 37.3 Å². The molecule has 204 valence electrons. The number of aliphatic imine (C=N–C) groups is 1. The van der Waals surface area contributed by atoms with Gasteiger partial charge in [0, 0.05) is 31.9 Å². The molecule has 4 rings (SSSR count). The fraction of sp³-hybridized carbons (Fsp3) is 0.423. The number of guanidine groups is 1. The number of hydrogen-bond donors (Lipinski definition) is 2.